The lowest BCUT2D eigenvalue weighted by molar-refractivity contribution is -0.384. The zero-order chi connectivity index (χ0) is 14.9. The van der Waals surface area contributed by atoms with E-state index in [1.807, 2.05) is 0 Å². The second-order valence-corrected chi connectivity index (χ2v) is 5.01. The molecule has 0 aliphatic carbocycles. The van der Waals surface area contributed by atoms with E-state index in [2.05, 4.69) is 15.9 Å². The van der Waals surface area contributed by atoms with Crippen molar-refractivity contribution < 1.29 is 14.1 Å². The third-order valence-electron chi connectivity index (χ3n) is 2.41. The first-order chi connectivity index (χ1) is 9.40. The van der Waals surface area contributed by atoms with Crippen molar-refractivity contribution >= 4 is 38.9 Å². The minimum absolute atomic E-state index is 0.0435. The van der Waals surface area contributed by atoms with E-state index in [0.29, 0.717) is 4.47 Å². The molecular formula is C12H7BrClFN2O3. The molecule has 0 fully saturated rings. The van der Waals surface area contributed by atoms with Crippen LogP contribution >= 0.6 is 27.5 Å². The summed E-state index contributed by atoms with van der Waals surface area (Å²) in [6.45, 7) is 0. The standard InChI is InChI=1S/C12H7BrClFN2O3/c13-6-4-7(14)8(15)5-11(6)20-10-3-1-2-9(16)12(10)17(18)19/h1-5H,16H2. The Hall–Kier alpha value is -1.86. The minimum Gasteiger partial charge on any atom is -0.449 e. The zero-order valence-corrected chi connectivity index (χ0v) is 12.1. The van der Waals surface area contributed by atoms with Gasteiger partial charge in [-0.3, -0.25) is 10.1 Å². The minimum atomic E-state index is -0.698. The fraction of sp³-hybridized carbons (Fsp3) is 0. The Morgan fingerprint density at radius 2 is 2.05 bits per heavy atom. The Bertz CT molecular complexity index is 697. The Kier molecular flexibility index (Phi) is 4.10. The normalized spacial score (nSPS) is 10.3. The van der Waals surface area contributed by atoms with E-state index in [1.165, 1.54) is 24.3 Å². The number of nitrogens with zero attached hydrogens (tertiary/aromatic N) is 1. The first-order valence-corrected chi connectivity index (χ1v) is 6.42. The number of hydrogen-bond acceptors (Lipinski definition) is 4. The first-order valence-electron chi connectivity index (χ1n) is 5.25. The van der Waals surface area contributed by atoms with Gasteiger partial charge in [-0.2, -0.15) is 0 Å². The van der Waals surface area contributed by atoms with Gasteiger partial charge in [0.2, 0.25) is 5.75 Å². The van der Waals surface area contributed by atoms with Crippen molar-refractivity contribution in [3.63, 3.8) is 0 Å². The lowest BCUT2D eigenvalue weighted by Gasteiger charge is -2.09. The van der Waals surface area contributed by atoms with Gasteiger partial charge in [-0.1, -0.05) is 17.7 Å². The smallest absolute Gasteiger partial charge is 0.334 e. The maximum absolute atomic E-state index is 13.4. The van der Waals surface area contributed by atoms with Gasteiger partial charge in [-0.05, 0) is 34.1 Å². The van der Waals surface area contributed by atoms with E-state index in [0.717, 1.165) is 6.07 Å². The first kappa shape index (κ1) is 14.5. The highest BCUT2D eigenvalue weighted by Crippen LogP contribution is 2.39. The molecule has 0 unspecified atom stereocenters. The van der Waals surface area contributed by atoms with E-state index in [-0.39, 0.29) is 27.9 Å². The number of nitro groups is 1. The van der Waals surface area contributed by atoms with Crippen LogP contribution in [-0.4, -0.2) is 4.92 Å². The van der Waals surface area contributed by atoms with Gasteiger partial charge >= 0.3 is 5.69 Å². The summed E-state index contributed by atoms with van der Waals surface area (Å²) in [6, 6.07) is 6.57. The molecule has 0 atom stereocenters. The van der Waals surface area contributed by atoms with Gasteiger partial charge in [0.25, 0.3) is 0 Å². The second kappa shape index (κ2) is 5.64. The number of nitro benzene ring substituents is 1. The number of nitrogens with two attached hydrogens (primary N) is 1. The van der Waals surface area contributed by atoms with Crippen LogP contribution in [0, 0.1) is 15.9 Å². The van der Waals surface area contributed by atoms with Gasteiger partial charge in [-0.15, -0.1) is 0 Å². The third-order valence-corrected chi connectivity index (χ3v) is 3.32. The summed E-state index contributed by atoms with van der Waals surface area (Å²) in [5, 5.41) is 10.9. The Morgan fingerprint density at radius 1 is 1.35 bits per heavy atom. The summed E-state index contributed by atoms with van der Waals surface area (Å²) in [5.74, 6) is -0.727. The number of hydrogen-bond donors (Lipinski definition) is 1. The molecule has 0 aliphatic heterocycles. The Morgan fingerprint density at radius 3 is 2.70 bits per heavy atom. The molecule has 20 heavy (non-hydrogen) atoms. The average molecular weight is 362 g/mol. The molecule has 0 saturated heterocycles. The maximum Gasteiger partial charge on any atom is 0.334 e. The van der Waals surface area contributed by atoms with Crippen LogP contribution in [0.15, 0.2) is 34.8 Å². The van der Waals surface area contributed by atoms with Crippen LogP contribution in [0.2, 0.25) is 5.02 Å². The molecule has 0 radical (unpaired) electrons. The fourth-order valence-electron chi connectivity index (χ4n) is 1.52. The zero-order valence-electron chi connectivity index (χ0n) is 9.77. The fourth-order valence-corrected chi connectivity index (χ4v) is 2.24. The highest BCUT2D eigenvalue weighted by Gasteiger charge is 2.21. The molecule has 5 nitrogen and oxygen atoms in total. The van der Waals surface area contributed by atoms with Crippen LogP contribution in [0.3, 0.4) is 0 Å². The lowest BCUT2D eigenvalue weighted by Crippen LogP contribution is -1.99. The number of benzene rings is 2. The van der Waals surface area contributed by atoms with Crippen LogP contribution in [0.1, 0.15) is 0 Å². The topological polar surface area (TPSA) is 78.4 Å². The quantitative estimate of drug-likeness (QED) is 0.377. The van der Waals surface area contributed by atoms with Crippen LogP contribution < -0.4 is 10.5 Å². The van der Waals surface area contributed by atoms with E-state index in [1.54, 1.807) is 0 Å². The van der Waals surface area contributed by atoms with Crippen molar-refractivity contribution in [2.75, 3.05) is 5.73 Å². The summed E-state index contributed by atoms with van der Waals surface area (Å²) in [4.78, 5) is 10.3. The molecule has 0 saturated carbocycles. The van der Waals surface area contributed by atoms with Gasteiger partial charge < -0.3 is 10.5 Å². The van der Waals surface area contributed by atoms with Crippen LogP contribution in [-0.2, 0) is 0 Å². The monoisotopic (exact) mass is 360 g/mol. The molecule has 2 rings (SSSR count). The number of anilines is 1. The van der Waals surface area contributed by atoms with E-state index >= 15 is 0 Å². The predicted octanol–water partition coefficient (Wildman–Crippen LogP) is 4.52. The van der Waals surface area contributed by atoms with Gasteiger partial charge in [0.15, 0.2) is 0 Å². The summed E-state index contributed by atoms with van der Waals surface area (Å²) in [5.41, 5.74) is 5.12. The van der Waals surface area contributed by atoms with Gasteiger partial charge in [-0.25, -0.2) is 4.39 Å². The molecule has 2 aromatic rings. The number of halogens is 3. The molecule has 0 aromatic heterocycles. The van der Waals surface area contributed by atoms with Crippen molar-refractivity contribution in [2.24, 2.45) is 0 Å². The van der Waals surface area contributed by atoms with Crippen LogP contribution in [0.25, 0.3) is 0 Å². The summed E-state index contributed by atoms with van der Waals surface area (Å²) >= 11 is 8.75. The van der Waals surface area contributed by atoms with Crippen molar-refractivity contribution in [1.82, 2.24) is 0 Å². The largest absolute Gasteiger partial charge is 0.449 e. The summed E-state index contributed by atoms with van der Waals surface area (Å²) in [6.07, 6.45) is 0. The van der Waals surface area contributed by atoms with E-state index < -0.39 is 10.7 Å². The predicted molar refractivity (Wildman–Crippen MR) is 76.7 cm³/mol. The number of nitrogen functional groups attached to an aromatic ring is 1. The maximum atomic E-state index is 13.4. The average Bonchev–Trinajstić information content (AvgIpc) is 2.35. The van der Waals surface area contributed by atoms with Crippen LogP contribution in [0.4, 0.5) is 15.8 Å². The van der Waals surface area contributed by atoms with Crippen molar-refractivity contribution in [1.29, 1.82) is 0 Å². The number of para-hydroxylation sites is 1. The third kappa shape index (κ3) is 2.83. The molecule has 2 N–H and O–H groups in total. The van der Waals surface area contributed by atoms with Crippen molar-refractivity contribution in [3.05, 3.63) is 55.8 Å². The second-order valence-electron chi connectivity index (χ2n) is 3.75. The highest BCUT2D eigenvalue weighted by atomic mass is 79.9. The molecule has 0 spiro atoms. The van der Waals surface area contributed by atoms with Crippen molar-refractivity contribution in [3.8, 4) is 11.5 Å². The number of rotatable bonds is 3. The summed E-state index contributed by atoms with van der Waals surface area (Å²) < 4.78 is 19.1. The van der Waals surface area contributed by atoms with Gasteiger partial charge in [0, 0.05) is 6.07 Å². The molecule has 2 aromatic carbocycles. The molecule has 0 heterocycles. The lowest BCUT2D eigenvalue weighted by atomic mass is 10.2. The molecule has 0 amide bonds. The molecular weight excluding hydrogens is 354 g/mol. The SMILES string of the molecule is Nc1cccc(Oc2cc(F)c(Cl)cc2Br)c1[N+](=O)[O-]. The molecule has 8 heteroatoms. The van der Waals surface area contributed by atoms with Crippen LogP contribution in [0.5, 0.6) is 11.5 Å². The van der Waals surface area contributed by atoms with Gasteiger partial charge in [0.1, 0.15) is 17.3 Å². The highest BCUT2D eigenvalue weighted by molar-refractivity contribution is 9.10. The van der Waals surface area contributed by atoms with Gasteiger partial charge in [0.05, 0.1) is 14.4 Å². The van der Waals surface area contributed by atoms with E-state index in [4.69, 9.17) is 22.1 Å². The molecule has 0 bridgehead atoms. The van der Waals surface area contributed by atoms with Crippen molar-refractivity contribution in [2.45, 2.75) is 0 Å². The summed E-state index contributed by atoms with van der Waals surface area (Å²) in [7, 11) is 0. The molecule has 104 valence electrons. The molecule has 0 aliphatic rings. The Labute approximate surface area is 126 Å². The number of ether oxygens (including phenoxy) is 1. The Balaban J connectivity index is 2.48. The van der Waals surface area contributed by atoms with E-state index in [9.17, 15) is 14.5 Å².